The van der Waals surface area contributed by atoms with Crippen LogP contribution in [0.15, 0.2) is 18.3 Å². The molecule has 1 aliphatic rings. The Hall–Kier alpha value is -1.54. The summed E-state index contributed by atoms with van der Waals surface area (Å²) < 4.78 is 39.2. The summed E-state index contributed by atoms with van der Waals surface area (Å²) in [6, 6.07) is 1.48. The average molecular weight is 290 g/mol. The molecule has 0 bridgehead atoms. The predicted octanol–water partition coefficient (Wildman–Crippen LogP) is 0.581. The van der Waals surface area contributed by atoms with Crippen LogP contribution in [0.5, 0.6) is 0 Å². The number of aromatic amines is 1. The Kier molecular flexibility index (Phi) is 4.66. The highest BCUT2D eigenvalue weighted by molar-refractivity contribution is 5.92. The van der Waals surface area contributed by atoms with Gasteiger partial charge in [0.05, 0.1) is 0 Å². The number of nitrogens with one attached hydrogen (secondary N) is 3. The van der Waals surface area contributed by atoms with Gasteiger partial charge in [-0.2, -0.15) is 13.2 Å². The molecule has 1 atom stereocenters. The maximum atomic E-state index is 13.1. The second-order valence-electron chi connectivity index (χ2n) is 4.64. The van der Waals surface area contributed by atoms with Crippen LogP contribution in [0.2, 0.25) is 0 Å². The number of rotatable bonds is 4. The lowest BCUT2D eigenvalue weighted by atomic mass is 10.2. The molecule has 20 heavy (non-hydrogen) atoms. The lowest BCUT2D eigenvalue weighted by molar-refractivity contribution is -0.183. The van der Waals surface area contributed by atoms with Crippen molar-refractivity contribution < 1.29 is 18.0 Å². The molecule has 8 heteroatoms. The van der Waals surface area contributed by atoms with Gasteiger partial charge in [-0.25, -0.2) is 0 Å². The smallest absolute Gasteiger partial charge is 0.357 e. The molecule has 1 saturated heterocycles. The summed E-state index contributed by atoms with van der Waals surface area (Å²) in [5.41, 5.74) is 0.256. The van der Waals surface area contributed by atoms with Crippen LogP contribution in [0.4, 0.5) is 13.2 Å². The van der Waals surface area contributed by atoms with Gasteiger partial charge in [0.2, 0.25) is 0 Å². The molecule has 0 saturated carbocycles. The molecule has 5 nitrogen and oxygen atoms in total. The first kappa shape index (κ1) is 14.9. The maximum Gasteiger partial charge on any atom is 0.405 e. The summed E-state index contributed by atoms with van der Waals surface area (Å²) in [4.78, 5) is 15.7. The Labute approximate surface area is 114 Å². The molecule has 1 fully saturated rings. The van der Waals surface area contributed by atoms with Crippen molar-refractivity contribution in [3.05, 3.63) is 24.0 Å². The van der Waals surface area contributed by atoms with Crippen molar-refractivity contribution in [2.45, 2.75) is 12.2 Å². The fourth-order valence-corrected chi connectivity index (χ4v) is 2.20. The molecule has 1 aliphatic heterocycles. The number of carbonyl (C=O) groups excluding carboxylic acids is 1. The Morgan fingerprint density at radius 2 is 2.10 bits per heavy atom. The fourth-order valence-electron chi connectivity index (χ4n) is 2.20. The van der Waals surface area contributed by atoms with Gasteiger partial charge in [-0.15, -0.1) is 0 Å². The molecule has 1 aromatic rings. The first-order valence-corrected chi connectivity index (χ1v) is 6.41. The molecule has 0 aromatic carbocycles. The van der Waals surface area contributed by atoms with E-state index >= 15 is 0 Å². The number of hydrogen-bond donors (Lipinski definition) is 3. The lowest BCUT2D eigenvalue weighted by Gasteiger charge is -2.35. The molecule has 0 spiro atoms. The SMILES string of the molecule is O=C(NCC(N1CCNCC1)C(F)(F)F)c1ccc[nH]1. The third-order valence-electron chi connectivity index (χ3n) is 3.27. The molecule has 2 heterocycles. The number of halogens is 3. The van der Waals surface area contributed by atoms with E-state index in [1.165, 1.54) is 11.0 Å². The van der Waals surface area contributed by atoms with Crippen molar-refractivity contribution in [3.63, 3.8) is 0 Å². The molecule has 3 N–H and O–H groups in total. The van der Waals surface area contributed by atoms with Gasteiger partial charge >= 0.3 is 6.18 Å². The number of alkyl halides is 3. The highest BCUT2D eigenvalue weighted by Crippen LogP contribution is 2.24. The zero-order chi connectivity index (χ0) is 14.6. The quantitative estimate of drug-likeness (QED) is 0.760. The highest BCUT2D eigenvalue weighted by atomic mass is 19.4. The Bertz CT molecular complexity index is 426. The van der Waals surface area contributed by atoms with E-state index in [0.29, 0.717) is 26.2 Å². The summed E-state index contributed by atoms with van der Waals surface area (Å²) in [7, 11) is 0. The van der Waals surface area contributed by atoms with Gasteiger partial charge in [-0.1, -0.05) is 0 Å². The van der Waals surface area contributed by atoms with Crippen LogP contribution in [0.25, 0.3) is 0 Å². The standard InChI is InChI=1S/C12H17F3N4O/c13-12(14,15)10(19-6-4-16-5-7-19)8-18-11(20)9-2-1-3-17-9/h1-3,10,16-17H,4-8H2,(H,18,20). The van der Waals surface area contributed by atoms with Crippen molar-refractivity contribution in [1.29, 1.82) is 0 Å². The summed E-state index contributed by atoms with van der Waals surface area (Å²) in [5, 5.41) is 5.34. The Morgan fingerprint density at radius 3 is 2.65 bits per heavy atom. The van der Waals surface area contributed by atoms with Gasteiger partial charge in [-0.05, 0) is 12.1 Å². The van der Waals surface area contributed by atoms with Crippen LogP contribution >= 0.6 is 0 Å². The van der Waals surface area contributed by atoms with E-state index in [9.17, 15) is 18.0 Å². The monoisotopic (exact) mass is 290 g/mol. The minimum absolute atomic E-state index is 0.256. The van der Waals surface area contributed by atoms with Crippen LogP contribution in [-0.2, 0) is 0 Å². The number of carbonyl (C=O) groups is 1. The topological polar surface area (TPSA) is 60.2 Å². The van der Waals surface area contributed by atoms with Crippen molar-refractivity contribution in [1.82, 2.24) is 20.5 Å². The number of aromatic nitrogens is 1. The molecule has 0 aliphatic carbocycles. The number of nitrogens with zero attached hydrogens (tertiary/aromatic N) is 1. The van der Waals surface area contributed by atoms with E-state index in [2.05, 4.69) is 15.6 Å². The number of H-pyrrole nitrogens is 1. The van der Waals surface area contributed by atoms with Gasteiger partial charge in [0.15, 0.2) is 0 Å². The number of piperazine rings is 1. The van der Waals surface area contributed by atoms with Gasteiger partial charge < -0.3 is 15.6 Å². The van der Waals surface area contributed by atoms with E-state index in [1.807, 2.05) is 0 Å². The molecule has 2 rings (SSSR count). The van der Waals surface area contributed by atoms with E-state index in [0.717, 1.165) is 0 Å². The van der Waals surface area contributed by atoms with Crippen LogP contribution in [0.1, 0.15) is 10.5 Å². The fraction of sp³-hybridized carbons (Fsp3) is 0.583. The molecule has 1 aromatic heterocycles. The zero-order valence-electron chi connectivity index (χ0n) is 10.8. The molecule has 112 valence electrons. The third kappa shape index (κ3) is 3.73. The Balaban J connectivity index is 1.95. The van der Waals surface area contributed by atoms with Gasteiger partial charge in [0.25, 0.3) is 5.91 Å². The normalized spacial score (nSPS) is 18.8. The maximum absolute atomic E-state index is 13.1. The molecular weight excluding hydrogens is 273 g/mol. The second-order valence-corrected chi connectivity index (χ2v) is 4.64. The van der Waals surface area contributed by atoms with Crippen molar-refractivity contribution in [2.24, 2.45) is 0 Å². The first-order valence-electron chi connectivity index (χ1n) is 6.41. The minimum Gasteiger partial charge on any atom is -0.357 e. The first-order chi connectivity index (χ1) is 9.48. The summed E-state index contributed by atoms with van der Waals surface area (Å²) in [6.45, 7) is 1.25. The number of amides is 1. The lowest BCUT2D eigenvalue weighted by Crippen LogP contribution is -2.57. The predicted molar refractivity (Wildman–Crippen MR) is 67.4 cm³/mol. The third-order valence-corrected chi connectivity index (χ3v) is 3.27. The zero-order valence-corrected chi connectivity index (χ0v) is 10.8. The van der Waals surface area contributed by atoms with E-state index in [-0.39, 0.29) is 5.69 Å². The minimum atomic E-state index is -4.36. The van der Waals surface area contributed by atoms with Crippen molar-refractivity contribution >= 4 is 5.91 Å². The molecule has 1 unspecified atom stereocenters. The average Bonchev–Trinajstić information content (AvgIpc) is 2.92. The van der Waals surface area contributed by atoms with Crippen LogP contribution in [0, 0.1) is 0 Å². The number of hydrogen-bond acceptors (Lipinski definition) is 3. The Morgan fingerprint density at radius 1 is 1.40 bits per heavy atom. The van der Waals surface area contributed by atoms with Crippen molar-refractivity contribution in [2.75, 3.05) is 32.7 Å². The highest BCUT2D eigenvalue weighted by Gasteiger charge is 2.43. The van der Waals surface area contributed by atoms with Crippen LogP contribution in [-0.4, -0.2) is 60.7 Å². The largest absolute Gasteiger partial charge is 0.405 e. The van der Waals surface area contributed by atoms with E-state index < -0.39 is 24.7 Å². The molecule has 0 radical (unpaired) electrons. The summed E-state index contributed by atoms with van der Waals surface area (Å²) in [5.74, 6) is -0.528. The second kappa shape index (κ2) is 6.27. The van der Waals surface area contributed by atoms with Crippen molar-refractivity contribution in [3.8, 4) is 0 Å². The molecule has 1 amide bonds. The van der Waals surface area contributed by atoms with E-state index in [4.69, 9.17) is 0 Å². The van der Waals surface area contributed by atoms with Crippen LogP contribution in [0.3, 0.4) is 0 Å². The van der Waals surface area contributed by atoms with Gasteiger partial charge in [0, 0.05) is 38.9 Å². The summed E-state index contributed by atoms with van der Waals surface area (Å²) >= 11 is 0. The van der Waals surface area contributed by atoms with Gasteiger partial charge in [-0.3, -0.25) is 9.69 Å². The van der Waals surface area contributed by atoms with Crippen LogP contribution < -0.4 is 10.6 Å². The summed E-state index contributed by atoms with van der Waals surface area (Å²) in [6.07, 6.45) is -2.81. The molecular formula is C12H17F3N4O. The van der Waals surface area contributed by atoms with Gasteiger partial charge in [0.1, 0.15) is 11.7 Å². The van der Waals surface area contributed by atoms with E-state index in [1.54, 1.807) is 12.3 Å².